The molecule has 194 valence electrons. The molecular formula is C32H31NO5. The molecule has 6 heteroatoms. The molecule has 0 fully saturated rings. The SMILES string of the molecule is COc1ccc([C@H]2C(C(=O)OCc3ccccc3)=C(C)NC3=C2C(=O)C[C@@H](c2ccccc2)C3)cc1OC. The Labute approximate surface area is 222 Å². The van der Waals surface area contributed by atoms with Gasteiger partial charge in [-0.05, 0) is 48.1 Å². The van der Waals surface area contributed by atoms with E-state index >= 15 is 0 Å². The molecule has 0 amide bonds. The second-order valence-corrected chi connectivity index (χ2v) is 9.60. The summed E-state index contributed by atoms with van der Waals surface area (Å²) in [7, 11) is 3.15. The monoisotopic (exact) mass is 509 g/mol. The number of hydrogen-bond acceptors (Lipinski definition) is 6. The molecule has 0 radical (unpaired) electrons. The first-order chi connectivity index (χ1) is 18.5. The summed E-state index contributed by atoms with van der Waals surface area (Å²) in [5.74, 6) is 0.161. The summed E-state index contributed by atoms with van der Waals surface area (Å²) in [5.41, 5.74) is 5.38. The van der Waals surface area contributed by atoms with Gasteiger partial charge in [0.2, 0.25) is 0 Å². The lowest BCUT2D eigenvalue weighted by atomic mass is 9.71. The van der Waals surface area contributed by atoms with Crippen molar-refractivity contribution in [1.29, 1.82) is 0 Å². The Kier molecular flexibility index (Phi) is 7.31. The van der Waals surface area contributed by atoms with Crippen LogP contribution in [0, 0.1) is 0 Å². The van der Waals surface area contributed by atoms with Gasteiger partial charge in [-0.1, -0.05) is 66.7 Å². The van der Waals surface area contributed by atoms with Gasteiger partial charge in [0, 0.05) is 29.3 Å². The van der Waals surface area contributed by atoms with Crippen LogP contribution in [0.1, 0.15) is 48.3 Å². The Morgan fingerprint density at radius 3 is 2.24 bits per heavy atom. The van der Waals surface area contributed by atoms with E-state index < -0.39 is 11.9 Å². The maximum absolute atomic E-state index is 13.8. The third-order valence-corrected chi connectivity index (χ3v) is 7.27. The largest absolute Gasteiger partial charge is 0.493 e. The van der Waals surface area contributed by atoms with E-state index in [1.165, 1.54) is 0 Å². The third-order valence-electron chi connectivity index (χ3n) is 7.27. The first-order valence-electron chi connectivity index (χ1n) is 12.7. The van der Waals surface area contributed by atoms with E-state index in [1.807, 2.05) is 67.6 Å². The maximum Gasteiger partial charge on any atom is 0.337 e. The summed E-state index contributed by atoms with van der Waals surface area (Å²) in [5, 5.41) is 3.41. The number of ether oxygens (including phenoxy) is 3. The van der Waals surface area contributed by atoms with Crippen molar-refractivity contribution in [2.24, 2.45) is 0 Å². The molecule has 0 aromatic heterocycles. The number of dihydropyridines is 1. The standard InChI is InChI=1S/C32H31NO5/c1-20-29(32(35)38-19-21-10-6-4-7-11-21)30(23-14-15-27(36-2)28(18-23)37-3)31-25(33-20)16-24(17-26(31)34)22-12-8-5-9-13-22/h4-15,18,24,30,33H,16-17,19H2,1-3H3/t24-,30-/m0/s1. The molecule has 3 aromatic carbocycles. The number of carbonyl (C=O) groups is 2. The van der Waals surface area contributed by atoms with Crippen LogP contribution >= 0.6 is 0 Å². The van der Waals surface area contributed by atoms with Crippen LogP contribution in [0.3, 0.4) is 0 Å². The molecule has 5 rings (SSSR count). The van der Waals surface area contributed by atoms with Crippen molar-refractivity contribution < 1.29 is 23.8 Å². The highest BCUT2D eigenvalue weighted by atomic mass is 16.5. The van der Waals surface area contributed by atoms with Crippen molar-refractivity contribution in [3.63, 3.8) is 0 Å². The van der Waals surface area contributed by atoms with Crippen molar-refractivity contribution in [1.82, 2.24) is 5.32 Å². The van der Waals surface area contributed by atoms with E-state index in [0.29, 0.717) is 41.2 Å². The quantitative estimate of drug-likeness (QED) is 0.405. The molecule has 0 unspecified atom stereocenters. The predicted molar refractivity (Wildman–Crippen MR) is 145 cm³/mol. The lowest BCUT2D eigenvalue weighted by Crippen LogP contribution is -2.36. The fourth-order valence-electron chi connectivity index (χ4n) is 5.44. The Hall–Kier alpha value is -4.32. The molecule has 2 aliphatic rings. The predicted octanol–water partition coefficient (Wildman–Crippen LogP) is 5.81. The molecule has 1 N–H and O–H groups in total. The second-order valence-electron chi connectivity index (χ2n) is 9.60. The number of nitrogens with one attached hydrogen (secondary N) is 1. The second kappa shape index (κ2) is 11.0. The topological polar surface area (TPSA) is 73.9 Å². The molecule has 0 saturated carbocycles. The van der Waals surface area contributed by atoms with Gasteiger partial charge in [-0.3, -0.25) is 4.79 Å². The van der Waals surface area contributed by atoms with Crippen LogP contribution < -0.4 is 14.8 Å². The van der Waals surface area contributed by atoms with Crippen LogP contribution in [0.5, 0.6) is 11.5 Å². The summed E-state index contributed by atoms with van der Waals surface area (Å²) in [4.78, 5) is 27.4. The molecule has 38 heavy (non-hydrogen) atoms. The minimum Gasteiger partial charge on any atom is -0.493 e. The average molecular weight is 510 g/mol. The molecule has 1 aliphatic carbocycles. The molecule has 0 saturated heterocycles. The normalized spacial score (nSPS) is 19.0. The number of esters is 1. The summed E-state index contributed by atoms with van der Waals surface area (Å²) >= 11 is 0. The minimum atomic E-state index is -0.585. The van der Waals surface area contributed by atoms with E-state index in [2.05, 4.69) is 17.4 Å². The van der Waals surface area contributed by atoms with Gasteiger partial charge in [-0.15, -0.1) is 0 Å². The number of benzene rings is 3. The summed E-state index contributed by atoms with van der Waals surface area (Å²) in [6.07, 6.45) is 1.05. The van der Waals surface area contributed by atoms with E-state index in [9.17, 15) is 9.59 Å². The summed E-state index contributed by atoms with van der Waals surface area (Å²) in [6.45, 7) is 2.01. The van der Waals surface area contributed by atoms with Crippen LogP contribution in [-0.2, 0) is 20.9 Å². The van der Waals surface area contributed by atoms with Gasteiger partial charge in [0.15, 0.2) is 17.3 Å². The third kappa shape index (κ3) is 4.94. The molecule has 1 heterocycles. The molecule has 6 nitrogen and oxygen atoms in total. The van der Waals surface area contributed by atoms with Crippen LogP contribution in [0.2, 0.25) is 0 Å². The van der Waals surface area contributed by atoms with E-state index in [4.69, 9.17) is 14.2 Å². The Morgan fingerprint density at radius 1 is 0.868 bits per heavy atom. The van der Waals surface area contributed by atoms with E-state index in [-0.39, 0.29) is 18.3 Å². The molecule has 1 aliphatic heterocycles. The van der Waals surface area contributed by atoms with Gasteiger partial charge in [-0.25, -0.2) is 4.79 Å². The highest BCUT2D eigenvalue weighted by Crippen LogP contribution is 2.47. The minimum absolute atomic E-state index is 0.0215. The molecular weight excluding hydrogens is 478 g/mol. The fourth-order valence-corrected chi connectivity index (χ4v) is 5.44. The van der Waals surface area contributed by atoms with Crippen molar-refractivity contribution in [2.75, 3.05) is 14.2 Å². The zero-order valence-electron chi connectivity index (χ0n) is 21.8. The van der Waals surface area contributed by atoms with Crippen molar-refractivity contribution >= 4 is 11.8 Å². The lowest BCUT2D eigenvalue weighted by Gasteiger charge is -2.36. The van der Waals surface area contributed by atoms with Crippen LogP contribution in [-0.4, -0.2) is 26.0 Å². The maximum atomic E-state index is 13.8. The highest BCUT2D eigenvalue weighted by Gasteiger charge is 2.41. The first kappa shape index (κ1) is 25.3. The summed E-state index contributed by atoms with van der Waals surface area (Å²) in [6, 6.07) is 25.2. The Morgan fingerprint density at radius 2 is 1.55 bits per heavy atom. The van der Waals surface area contributed by atoms with E-state index in [0.717, 1.165) is 22.4 Å². The van der Waals surface area contributed by atoms with E-state index in [1.54, 1.807) is 20.3 Å². The van der Waals surface area contributed by atoms with Gasteiger partial charge in [0.1, 0.15) is 6.61 Å². The van der Waals surface area contributed by atoms with Crippen molar-refractivity contribution in [3.05, 3.63) is 118 Å². The summed E-state index contributed by atoms with van der Waals surface area (Å²) < 4.78 is 16.8. The molecule has 2 atom stereocenters. The molecule has 3 aromatic rings. The highest BCUT2D eigenvalue weighted by molar-refractivity contribution is 6.04. The average Bonchev–Trinajstić information content (AvgIpc) is 2.95. The van der Waals surface area contributed by atoms with Gasteiger partial charge in [0.05, 0.1) is 19.8 Å². The number of hydrogen-bond donors (Lipinski definition) is 1. The zero-order valence-corrected chi connectivity index (χ0v) is 21.8. The Bertz CT molecular complexity index is 1410. The van der Waals surface area contributed by atoms with Gasteiger partial charge in [-0.2, -0.15) is 0 Å². The molecule has 0 bridgehead atoms. The number of ketones is 1. The Balaban J connectivity index is 1.55. The van der Waals surface area contributed by atoms with Crippen molar-refractivity contribution in [2.45, 2.75) is 38.2 Å². The number of Topliss-reactive ketones (excluding diaryl/α,β-unsaturated/α-hetero) is 1. The number of allylic oxidation sites excluding steroid dienone is 3. The lowest BCUT2D eigenvalue weighted by molar-refractivity contribution is -0.140. The number of carbonyl (C=O) groups excluding carboxylic acids is 2. The van der Waals surface area contributed by atoms with Gasteiger partial charge in [0.25, 0.3) is 0 Å². The van der Waals surface area contributed by atoms with Crippen LogP contribution in [0.15, 0.2) is 101 Å². The number of rotatable bonds is 7. The van der Waals surface area contributed by atoms with Gasteiger partial charge < -0.3 is 19.5 Å². The first-order valence-corrected chi connectivity index (χ1v) is 12.7. The van der Waals surface area contributed by atoms with Crippen LogP contribution in [0.25, 0.3) is 0 Å². The fraction of sp³-hybridized carbons (Fsp3) is 0.250. The molecule has 0 spiro atoms. The zero-order chi connectivity index (χ0) is 26.6. The smallest absolute Gasteiger partial charge is 0.337 e. The van der Waals surface area contributed by atoms with Crippen LogP contribution in [0.4, 0.5) is 0 Å². The number of methoxy groups -OCH3 is 2. The van der Waals surface area contributed by atoms with Gasteiger partial charge >= 0.3 is 5.97 Å². The van der Waals surface area contributed by atoms with Crippen molar-refractivity contribution in [3.8, 4) is 11.5 Å².